The third-order valence-corrected chi connectivity index (χ3v) is 9.17. The summed E-state index contributed by atoms with van der Waals surface area (Å²) in [7, 11) is 0. The molecule has 0 radical (unpaired) electrons. The van der Waals surface area contributed by atoms with Gasteiger partial charge in [0.2, 0.25) is 0 Å². The Kier molecular flexibility index (Phi) is 10.9. The summed E-state index contributed by atoms with van der Waals surface area (Å²) in [6.07, 6.45) is 10.3. The highest BCUT2D eigenvalue weighted by molar-refractivity contribution is 6.33. The van der Waals surface area contributed by atoms with E-state index in [2.05, 4.69) is 12.2 Å². The van der Waals surface area contributed by atoms with Gasteiger partial charge in [-0.1, -0.05) is 67.4 Å². The second-order valence-electron chi connectivity index (χ2n) is 13.4. The molecule has 0 aliphatic heterocycles. The third kappa shape index (κ3) is 5.91. The maximum Gasteiger partial charge on any atom is 0.184 e. The highest BCUT2D eigenvalue weighted by Gasteiger charge is 2.75. The third-order valence-electron chi connectivity index (χ3n) is 9.17. The Balaban J connectivity index is 3.09. The first-order valence-electron chi connectivity index (χ1n) is 14.8. The van der Waals surface area contributed by atoms with Crippen molar-refractivity contribution >= 4 is 17.3 Å². The van der Waals surface area contributed by atoms with Crippen molar-refractivity contribution < 1.29 is 24.6 Å². The summed E-state index contributed by atoms with van der Waals surface area (Å²) in [6, 6.07) is 0. The van der Waals surface area contributed by atoms with Crippen LogP contribution < -0.4 is 0 Å². The van der Waals surface area contributed by atoms with Gasteiger partial charge in [-0.15, -0.1) is 0 Å². The summed E-state index contributed by atoms with van der Waals surface area (Å²) >= 11 is 0. The van der Waals surface area contributed by atoms with E-state index >= 15 is 4.79 Å². The van der Waals surface area contributed by atoms with Crippen LogP contribution in [-0.2, 0) is 14.4 Å². The number of hydrogen-bond acceptors (Lipinski definition) is 5. The minimum Gasteiger partial charge on any atom is -0.511 e. The van der Waals surface area contributed by atoms with Gasteiger partial charge in [-0.3, -0.25) is 14.4 Å². The van der Waals surface area contributed by atoms with Gasteiger partial charge in [-0.2, -0.15) is 0 Å². The largest absolute Gasteiger partial charge is 0.511 e. The molecule has 5 nitrogen and oxygen atoms in total. The minimum absolute atomic E-state index is 0.137. The first-order chi connectivity index (χ1) is 18.5. The fourth-order valence-electron chi connectivity index (χ4n) is 6.75. The molecule has 2 aliphatic rings. The van der Waals surface area contributed by atoms with E-state index in [-0.39, 0.29) is 42.5 Å². The molecule has 0 saturated heterocycles. The average molecular weight is 553 g/mol. The van der Waals surface area contributed by atoms with Gasteiger partial charge < -0.3 is 10.2 Å². The maximum atomic E-state index is 15.0. The molecule has 2 rings (SSSR count). The standard InChI is InChI=1S/C35H52O5/c1-22(2)12-11-18-33(10)27(15-13-23(3)4)20-34(19-17-26(9)21-36)30(38)28(16-14-24(5)6)31(39)35(33,32(34)40)29(37)25(7)8/h12-14,17,25,27,36,38H,11,15-16,18-21H2,1-10H3/b26-17+/t27-,33+,34-,35+/m1/s1. The number of carbonyl (C=O) groups is 3. The van der Waals surface area contributed by atoms with E-state index in [1.165, 1.54) is 0 Å². The average Bonchev–Trinajstić information content (AvgIpc) is 2.86. The lowest BCUT2D eigenvalue weighted by Crippen LogP contribution is -2.71. The van der Waals surface area contributed by atoms with Crippen molar-refractivity contribution in [1.82, 2.24) is 0 Å². The molecule has 1 saturated carbocycles. The fraction of sp³-hybridized carbons (Fsp3) is 0.629. The number of allylic oxidation sites excluding steroid dienone is 9. The van der Waals surface area contributed by atoms with E-state index < -0.39 is 33.7 Å². The van der Waals surface area contributed by atoms with Crippen molar-refractivity contribution in [1.29, 1.82) is 0 Å². The van der Waals surface area contributed by atoms with Gasteiger partial charge in [-0.25, -0.2) is 0 Å². The first kappa shape index (κ1) is 33.7. The van der Waals surface area contributed by atoms with E-state index in [0.29, 0.717) is 31.3 Å². The van der Waals surface area contributed by atoms with Gasteiger partial charge in [0.25, 0.3) is 0 Å². The zero-order chi connectivity index (χ0) is 30.6. The van der Waals surface area contributed by atoms with Crippen molar-refractivity contribution in [3.05, 3.63) is 57.9 Å². The predicted molar refractivity (Wildman–Crippen MR) is 163 cm³/mol. The monoisotopic (exact) mass is 552 g/mol. The molecule has 2 aliphatic carbocycles. The van der Waals surface area contributed by atoms with Crippen LogP contribution in [0, 0.1) is 28.1 Å². The smallest absolute Gasteiger partial charge is 0.184 e. The van der Waals surface area contributed by atoms with Gasteiger partial charge in [0.05, 0.1) is 12.0 Å². The van der Waals surface area contributed by atoms with Crippen LogP contribution in [0.3, 0.4) is 0 Å². The predicted octanol–water partition coefficient (Wildman–Crippen LogP) is 7.96. The van der Waals surface area contributed by atoms with Gasteiger partial charge in [0.15, 0.2) is 22.8 Å². The Morgan fingerprint density at radius 1 is 0.950 bits per heavy atom. The number of fused-ring (bicyclic) bond motifs is 2. The molecule has 4 atom stereocenters. The molecule has 222 valence electrons. The summed E-state index contributed by atoms with van der Waals surface area (Å²) in [5.41, 5.74) is -0.142. The van der Waals surface area contributed by atoms with Crippen LogP contribution in [-0.4, -0.2) is 34.2 Å². The minimum atomic E-state index is -1.90. The number of carbonyl (C=O) groups excluding carboxylic acids is 3. The SMILES string of the molecule is CC(C)=CCC[C@@]1(C)[C@H](CC=C(C)C)C[C@@]2(C/C=C(\C)CO)C(=O)[C@]1(C(=O)C(C)C)C(=O)C(CC=C(C)C)=C2O. The van der Waals surface area contributed by atoms with E-state index in [1.807, 2.05) is 54.5 Å². The van der Waals surface area contributed by atoms with E-state index in [0.717, 1.165) is 16.7 Å². The number of rotatable bonds is 12. The van der Waals surface area contributed by atoms with Crippen LogP contribution in [0.5, 0.6) is 0 Å². The van der Waals surface area contributed by atoms with Crippen LogP contribution >= 0.6 is 0 Å². The molecule has 0 unspecified atom stereocenters. The fourth-order valence-corrected chi connectivity index (χ4v) is 6.75. The first-order valence-corrected chi connectivity index (χ1v) is 14.8. The summed E-state index contributed by atoms with van der Waals surface area (Å²) in [5.74, 6) is -2.27. The summed E-state index contributed by atoms with van der Waals surface area (Å²) in [6.45, 7) is 19.0. The van der Waals surface area contributed by atoms with Gasteiger partial charge in [0, 0.05) is 11.5 Å². The number of ketones is 3. The number of aliphatic hydroxyl groups is 2. The maximum absolute atomic E-state index is 15.0. The Hall–Kier alpha value is -2.53. The summed E-state index contributed by atoms with van der Waals surface area (Å²) in [4.78, 5) is 44.3. The van der Waals surface area contributed by atoms with Crippen LogP contribution in [0.25, 0.3) is 0 Å². The molecule has 1 fully saturated rings. The zero-order valence-electron chi connectivity index (χ0n) is 26.5. The Morgan fingerprint density at radius 3 is 2.02 bits per heavy atom. The van der Waals surface area contributed by atoms with Crippen LogP contribution in [0.1, 0.15) is 108 Å². The lowest BCUT2D eigenvalue weighted by atomic mass is 9.38. The number of aliphatic hydroxyl groups excluding tert-OH is 2. The zero-order valence-corrected chi connectivity index (χ0v) is 26.5. The molecule has 0 amide bonds. The van der Waals surface area contributed by atoms with Crippen LogP contribution in [0.15, 0.2) is 57.9 Å². The van der Waals surface area contributed by atoms with Crippen molar-refractivity contribution in [2.45, 2.75) is 108 Å². The quantitative estimate of drug-likeness (QED) is 0.189. The summed E-state index contributed by atoms with van der Waals surface area (Å²) in [5, 5.41) is 21.6. The van der Waals surface area contributed by atoms with Crippen LogP contribution in [0.2, 0.25) is 0 Å². The lowest BCUT2D eigenvalue weighted by Gasteiger charge is -2.61. The van der Waals surface area contributed by atoms with Crippen molar-refractivity contribution in [3.8, 4) is 0 Å². The Morgan fingerprint density at radius 2 is 1.52 bits per heavy atom. The number of hydrogen-bond donors (Lipinski definition) is 2. The molecule has 2 bridgehead atoms. The topological polar surface area (TPSA) is 91.7 Å². The van der Waals surface area contributed by atoms with Crippen molar-refractivity contribution in [2.75, 3.05) is 6.61 Å². The molecule has 0 heterocycles. The molecular formula is C35H52O5. The Labute approximate surface area is 242 Å². The number of Topliss-reactive ketones (excluding diaryl/α,β-unsaturated/α-hetero) is 3. The molecule has 0 aromatic rings. The Bertz CT molecular complexity index is 1160. The van der Waals surface area contributed by atoms with Gasteiger partial charge in [0.1, 0.15) is 5.76 Å². The molecule has 40 heavy (non-hydrogen) atoms. The summed E-state index contributed by atoms with van der Waals surface area (Å²) < 4.78 is 0. The van der Waals surface area contributed by atoms with Crippen LogP contribution in [0.4, 0.5) is 0 Å². The van der Waals surface area contributed by atoms with E-state index in [4.69, 9.17) is 0 Å². The normalized spacial score (nSPS) is 28.5. The van der Waals surface area contributed by atoms with Crippen molar-refractivity contribution in [3.63, 3.8) is 0 Å². The van der Waals surface area contributed by atoms with Crippen molar-refractivity contribution in [2.24, 2.45) is 28.1 Å². The molecule has 0 spiro atoms. The van der Waals surface area contributed by atoms with E-state index in [1.54, 1.807) is 26.8 Å². The highest BCUT2D eigenvalue weighted by Crippen LogP contribution is 2.67. The highest BCUT2D eigenvalue weighted by atomic mass is 16.3. The second-order valence-corrected chi connectivity index (χ2v) is 13.4. The molecule has 0 aromatic carbocycles. The molecule has 5 heteroatoms. The molecular weight excluding hydrogens is 500 g/mol. The van der Waals surface area contributed by atoms with Gasteiger partial charge in [-0.05, 0) is 98.3 Å². The molecule has 0 aromatic heterocycles. The molecule has 2 N–H and O–H groups in total. The lowest BCUT2D eigenvalue weighted by molar-refractivity contribution is -0.180. The second kappa shape index (κ2) is 13.0. The van der Waals surface area contributed by atoms with Gasteiger partial charge >= 0.3 is 0 Å². The van der Waals surface area contributed by atoms with E-state index in [9.17, 15) is 19.8 Å².